The number of nitrogens with zero attached hydrogens (tertiary/aromatic N) is 2. The maximum absolute atomic E-state index is 12.3. The molecule has 1 amide bonds. The standard InChI is InChI=1S/C42H79N3O/c1-3-5-7-9-11-13-15-17-19-21-22-24-26-28-30-32-35-41-43-38-40-45(41)39-34-37-44-42(46)36-33-31-29-27-25-23-20-18-16-14-12-10-8-6-4-2/h17-20H,3-16,21-40H2,1-2H3,(H,44,46). The molecule has 0 saturated carbocycles. The lowest BCUT2D eigenvalue weighted by Gasteiger charge is -2.20. The maximum atomic E-state index is 12.3. The SMILES string of the molecule is CCCCCCCCC=CCCCCCCCCC1=NCCN1CCCNC(=O)CCCCCCCC=CCCCCCCCC. The van der Waals surface area contributed by atoms with Gasteiger partial charge in [-0.25, -0.2) is 0 Å². The van der Waals surface area contributed by atoms with Crippen molar-refractivity contribution in [2.24, 2.45) is 4.99 Å². The van der Waals surface area contributed by atoms with Gasteiger partial charge in [-0.1, -0.05) is 147 Å². The van der Waals surface area contributed by atoms with Crippen LogP contribution < -0.4 is 5.32 Å². The number of carbonyl (C=O) groups excluding carboxylic acids is 1. The lowest BCUT2D eigenvalue weighted by molar-refractivity contribution is -0.121. The molecule has 0 unspecified atom stereocenters. The molecule has 0 bridgehead atoms. The minimum atomic E-state index is 0.233. The van der Waals surface area contributed by atoms with E-state index in [0.29, 0.717) is 6.42 Å². The fraction of sp³-hybridized carbons (Fsp3) is 0.857. The van der Waals surface area contributed by atoms with E-state index in [1.54, 1.807) is 0 Å². The van der Waals surface area contributed by atoms with E-state index in [1.165, 1.54) is 173 Å². The molecule has 4 nitrogen and oxygen atoms in total. The smallest absolute Gasteiger partial charge is 0.219 e. The second-order valence-electron chi connectivity index (χ2n) is 14.0. The highest BCUT2D eigenvalue weighted by molar-refractivity contribution is 5.83. The van der Waals surface area contributed by atoms with Crippen molar-refractivity contribution < 1.29 is 4.79 Å². The lowest BCUT2D eigenvalue weighted by atomic mass is 10.1. The summed E-state index contributed by atoms with van der Waals surface area (Å²) in [5.41, 5.74) is 0. The second kappa shape index (κ2) is 34.7. The van der Waals surface area contributed by atoms with Crippen molar-refractivity contribution in [3.63, 3.8) is 0 Å². The molecule has 46 heavy (non-hydrogen) atoms. The molecular weight excluding hydrogens is 562 g/mol. The Morgan fingerprint density at radius 2 is 1.02 bits per heavy atom. The second-order valence-corrected chi connectivity index (χ2v) is 14.0. The van der Waals surface area contributed by atoms with Crippen LogP contribution in [0.25, 0.3) is 0 Å². The van der Waals surface area contributed by atoms with Crippen LogP contribution in [0.4, 0.5) is 0 Å². The van der Waals surface area contributed by atoms with E-state index >= 15 is 0 Å². The van der Waals surface area contributed by atoms with Gasteiger partial charge in [-0.3, -0.25) is 9.79 Å². The number of allylic oxidation sites excluding steroid dienone is 4. The zero-order valence-electron chi connectivity index (χ0n) is 31.2. The third-order valence-electron chi connectivity index (χ3n) is 9.53. The fourth-order valence-corrected chi connectivity index (χ4v) is 6.48. The molecule has 0 aromatic rings. The first-order chi connectivity index (χ1) is 22.8. The van der Waals surface area contributed by atoms with Crippen molar-refractivity contribution in [3.8, 4) is 0 Å². The third kappa shape index (κ3) is 28.6. The summed E-state index contributed by atoms with van der Waals surface area (Å²) in [6.45, 7) is 8.40. The predicted molar refractivity (Wildman–Crippen MR) is 205 cm³/mol. The molecule has 0 aromatic heterocycles. The van der Waals surface area contributed by atoms with Gasteiger partial charge < -0.3 is 10.2 Å². The topological polar surface area (TPSA) is 44.7 Å². The highest BCUT2D eigenvalue weighted by Gasteiger charge is 2.15. The van der Waals surface area contributed by atoms with Crippen molar-refractivity contribution in [1.29, 1.82) is 0 Å². The summed E-state index contributed by atoms with van der Waals surface area (Å²) in [7, 11) is 0. The van der Waals surface area contributed by atoms with Gasteiger partial charge in [-0.15, -0.1) is 0 Å². The van der Waals surface area contributed by atoms with Crippen LogP contribution in [-0.2, 0) is 4.79 Å². The van der Waals surface area contributed by atoms with Gasteiger partial charge in [0, 0.05) is 32.5 Å². The van der Waals surface area contributed by atoms with Crippen LogP contribution in [0.5, 0.6) is 0 Å². The minimum Gasteiger partial charge on any atom is -0.358 e. The Labute approximate surface area is 288 Å². The van der Waals surface area contributed by atoms with Crippen LogP contribution in [0.2, 0.25) is 0 Å². The van der Waals surface area contributed by atoms with Gasteiger partial charge in [0.2, 0.25) is 5.91 Å². The monoisotopic (exact) mass is 642 g/mol. The Morgan fingerprint density at radius 3 is 1.52 bits per heavy atom. The zero-order valence-corrected chi connectivity index (χ0v) is 31.2. The third-order valence-corrected chi connectivity index (χ3v) is 9.53. The molecule has 0 atom stereocenters. The molecule has 268 valence electrons. The molecule has 1 heterocycles. The van der Waals surface area contributed by atoms with Crippen LogP contribution in [0.1, 0.15) is 206 Å². The molecule has 0 radical (unpaired) electrons. The average molecular weight is 642 g/mol. The highest BCUT2D eigenvalue weighted by atomic mass is 16.1. The van der Waals surface area contributed by atoms with E-state index in [9.17, 15) is 4.79 Å². The van der Waals surface area contributed by atoms with Crippen LogP contribution >= 0.6 is 0 Å². The maximum Gasteiger partial charge on any atom is 0.219 e. The average Bonchev–Trinajstić information content (AvgIpc) is 3.51. The van der Waals surface area contributed by atoms with E-state index in [-0.39, 0.29) is 5.91 Å². The van der Waals surface area contributed by atoms with E-state index in [0.717, 1.165) is 45.4 Å². The highest BCUT2D eigenvalue weighted by Crippen LogP contribution is 2.14. The Balaban J connectivity index is 1.87. The fourth-order valence-electron chi connectivity index (χ4n) is 6.48. The van der Waals surface area contributed by atoms with Gasteiger partial charge in [0.25, 0.3) is 0 Å². The van der Waals surface area contributed by atoms with Gasteiger partial charge >= 0.3 is 0 Å². The molecule has 4 heteroatoms. The number of amidine groups is 1. The largest absolute Gasteiger partial charge is 0.358 e. The predicted octanol–water partition coefficient (Wildman–Crippen LogP) is 12.7. The Kier molecular flexibility index (Phi) is 32.1. The molecule has 0 aliphatic carbocycles. The van der Waals surface area contributed by atoms with Crippen LogP contribution in [0.3, 0.4) is 0 Å². The van der Waals surface area contributed by atoms with Gasteiger partial charge in [0.1, 0.15) is 0 Å². The zero-order chi connectivity index (χ0) is 33.0. The number of nitrogens with one attached hydrogen (secondary N) is 1. The molecular formula is C42H79N3O. The number of unbranched alkanes of at least 4 members (excludes halogenated alkanes) is 23. The van der Waals surface area contributed by atoms with Crippen LogP contribution in [0.15, 0.2) is 29.3 Å². The molecule has 0 aromatic carbocycles. The van der Waals surface area contributed by atoms with Gasteiger partial charge in [0.05, 0.1) is 12.4 Å². The molecule has 0 spiro atoms. The van der Waals surface area contributed by atoms with Gasteiger partial charge in [-0.05, 0) is 70.6 Å². The van der Waals surface area contributed by atoms with E-state index < -0.39 is 0 Å². The molecule has 0 saturated heterocycles. The Bertz CT molecular complexity index is 743. The summed E-state index contributed by atoms with van der Waals surface area (Å²) >= 11 is 0. The summed E-state index contributed by atoms with van der Waals surface area (Å²) < 4.78 is 0. The Morgan fingerprint density at radius 1 is 0.587 bits per heavy atom. The Hall–Kier alpha value is -1.58. The number of hydrogen-bond acceptors (Lipinski definition) is 3. The first kappa shape index (κ1) is 42.4. The number of amides is 1. The van der Waals surface area contributed by atoms with Crippen molar-refractivity contribution in [1.82, 2.24) is 10.2 Å². The van der Waals surface area contributed by atoms with Crippen LogP contribution in [-0.4, -0.2) is 42.8 Å². The lowest BCUT2D eigenvalue weighted by Crippen LogP contribution is -2.32. The molecule has 0 fully saturated rings. The number of rotatable bonds is 35. The van der Waals surface area contributed by atoms with Crippen molar-refractivity contribution in [2.75, 3.05) is 26.2 Å². The van der Waals surface area contributed by atoms with Gasteiger partial charge in [-0.2, -0.15) is 0 Å². The summed E-state index contributed by atoms with van der Waals surface area (Å²) in [6, 6.07) is 0. The van der Waals surface area contributed by atoms with E-state index in [1.807, 2.05) is 0 Å². The first-order valence-electron chi connectivity index (χ1n) is 20.6. The molecule has 1 aliphatic rings. The summed E-state index contributed by atoms with van der Waals surface area (Å²) in [6.07, 6.45) is 48.2. The van der Waals surface area contributed by atoms with Crippen molar-refractivity contribution in [2.45, 2.75) is 206 Å². The van der Waals surface area contributed by atoms with Gasteiger partial charge in [0.15, 0.2) is 0 Å². The molecule has 1 rings (SSSR count). The normalized spacial score (nSPS) is 13.4. The van der Waals surface area contributed by atoms with Crippen molar-refractivity contribution in [3.05, 3.63) is 24.3 Å². The number of aliphatic imine (C=N–C) groups is 1. The summed E-state index contributed by atoms with van der Waals surface area (Å²) in [5.74, 6) is 1.55. The van der Waals surface area contributed by atoms with E-state index in [2.05, 4.69) is 48.4 Å². The molecule has 1 N–H and O–H groups in total. The number of carbonyl (C=O) groups is 1. The quantitative estimate of drug-likeness (QED) is 0.0553. The van der Waals surface area contributed by atoms with Crippen LogP contribution in [0, 0.1) is 0 Å². The first-order valence-corrected chi connectivity index (χ1v) is 20.6. The summed E-state index contributed by atoms with van der Waals surface area (Å²) in [4.78, 5) is 19.5. The number of hydrogen-bond donors (Lipinski definition) is 1. The van der Waals surface area contributed by atoms with Crippen molar-refractivity contribution >= 4 is 11.7 Å². The summed E-state index contributed by atoms with van der Waals surface area (Å²) in [5, 5.41) is 3.15. The van der Waals surface area contributed by atoms with E-state index in [4.69, 9.17) is 4.99 Å². The molecule has 1 aliphatic heterocycles. The minimum absolute atomic E-state index is 0.233.